The van der Waals surface area contributed by atoms with E-state index >= 15 is 0 Å². The fourth-order valence-corrected chi connectivity index (χ4v) is 1.88. The van der Waals surface area contributed by atoms with Gasteiger partial charge in [-0.3, -0.25) is 4.79 Å². The maximum Gasteiger partial charge on any atom is 0.262 e. The quantitative estimate of drug-likeness (QED) is 0.935. The minimum Gasteiger partial charge on any atom is -0.482 e. The first kappa shape index (κ1) is 14.6. The molecular formula is C17H16N2O2. The highest BCUT2D eigenvalue weighted by Gasteiger charge is 2.08. The Morgan fingerprint density at radius 1 is 1.24 bits per heavy atom. The number of amides is 1. The van der Waals surface area contributed by atoms with Crippen LogP contribution in [0.2, 0.25) is 0 Å². The number of para-hydroxylation sites is 1. The maximum atomic E-state index is 11.9. The molecule has 0 bridgehead atoms. The topological polar surface area (TPSA) is 62.1 Å². The lowest BCUT2D eigenvalue weighted by molar-refractivity contribution is -0.118. The monoisotopic (exact) mass is 280 g/mol. The van der Waals surface area contributed by atoms with E-state index in [2.05, 4.69) is 5.32 Å². The predicted octanol–water partition coefficient (Wildman–Crippen LogP) is 3.19. The number of hydrogen-bond acceptors (Lipinski definition) is 3. The van der Waals surface area contributed by atoms with Crippen LogP contribution in [0.15, 0.2) is 42.5 Å². The van der Waals surface area contributed by atoms with Gasteiger partial charge in [0.2, 0.25) is 0 Å². The second kappa shape index (κ2) is 6.58. The molecule has 2 aromatic carbocycles. The molecule has 0 heterocycles. The van der Waals surface area contributed by atoms with Gasteiger partial charge >= 0.3 is 0 Å². The molecule has 4 heteroatoms. The second-order valence-corrected chi connectivity index (χ2v) is 4.76. The molecule has 0 saturated carbocycles. The smallest absolute Gasteiger partial charge is 0.262 e. The zero-order valence-corrected chi connectivity index (χ0v) is 12.0. The first-order valence-corrected chi connectivity index (χ1v) is 6.59. The number of ether oxygens (including phenoxy) is 1. The number of rotatable bonds is 4. The Balaban J connectivity index is 2.00. The zero-order valence-electron chi connectivity index (χ0n) is 12.0. The van der Waals surface area contributed by atoms with Crippen LogP contribution in [0.1, 0.15) is 16.7 Å². The van der Waals surface area contributed by atoms with Crippen molar-refractivity contribution in [2.75, 3.05) is 11.9 Å². The van der Waals surface area contributed by atoms with Crippen LogP contribution in [-0.2, 0) is 4.79 Å². The highest BCUT2D eigenvalue weighted by Crippen LogP contribution is 2.18. The van der Waals surface area contributed by atoms with Crippen molar-refractivity contribution < 1.29 is 9.53 Å². The second-order valence-electron chi connectivity index (χ2n) is 4.76. The van der Waals surface area contributed by atoms with E-state index in [1.807, 2.05) is 38.1 Å². The fourth-order valence-electron chi connectivity index (χ4n) is 1.88. The molecule has 0 aliphatic rings. The molecule has 0 unspecified atom stereocenters. The third-order valence-corrected chi connectivity index (χ3v) is 3.03. The maximum absolute atomic E-state index is 11.9. The van der Waals surface area contributed by atoms with Gasteiger partial charge in [0.15, 0.2) is 6.61 Å². The van der Waals surface area contributed by atoms with Crippen molar-refractivity contribution >= 4 is 11.6 Å². The van der Waals surface area contributed by atoms with Gasteiger partial charge in [0, 0.05) is 5.69 Å². The molecule has 0 saturated heterocycles. The van der Waals surface area contributed by atoms with E-state index in [9.17, 15) is 4.79 Å². The summed E-state index contributed by atoms with van der Waals surface area (Å²) >= 11 is 0. The number of nitrogens with zero attached hydrogens (tertiary/aromatic N) is 1. The van der Waals surface area contributed by atoms with Gasteiger partial charge in [0.1, 0.15) is 11.8 Å². The van der Waals surface area contributed by atoms with Crippen LogP contribution in [0.4, 0.5) is 5.69 Å². The summed E-state index contributed by atoms with van der Waals surface area (Å²) in [6.07, 6.45) is 0. The summed E-state index contributed by atoms with van der Waals surface area (Å²) in [6.45, 7) is 3.77. The van der Waals surface area contributed by atoms with E-state index in [1.165, 1.54) is 0 Å². The van der Waals surface area contributed by atoms with Crippen LogP contribution in [0.3, 0.4) is 0 Å². The average molecular weight is 280 g/mol. The number of aryl methyl sites for hydroxylation is 2. The standard InChI is InChI=1S/C17H16N2O2/c1-12-7-8-13(2)15(9-12)19-17(20)11-21-16-6-4-3-5-14(16)10-18/h3-9H,11H2,1-2H3,(H,19,20). The highest BCUT2D eigenvalue weighted by atomic mass is 16.5. The molecule has 2 rings (SSSR count). The Kier molecular flexibility index (Phi) is 4.57. The van der Waals surface area contributed by atoms with Gasteiger partial charge in [-0.15, -0.1) is 0 Å². The largest absolute Gasteiger partial charge is 0.482 e. The molecule has 0 aromatic heterocycles. The Morgan fingerprint density at radius 2 is 2.00 bits per heavy atom. The molecule has 1 N–H and O–H groups in total. The molecular weight excluding hydrogens is 264 g/mol. The van der Waals surface area contributed by atoms with E-state index in [1.54, 1.807) is 24.3 Å². The van der Waals surface area contributed by atoms with Gasteiger partial charge in [-0.2, -0.15) is 5.26 Å². The fraction of sp³-hybridized carbons (Fsp3) is 0.176. The van der Waals surface area contributed by atoms with Crippen molar-refractivity contribution in [2.24, 2.45) is 0 Å². The van der Waals surface area contributed by atoms with Gasteiger partial charge in [0.05, 0.1) is 5.56 Å². The normalized spacial score (nSPS) is 9.76. The molecule has 0 aliphatic carbocycles. The summed E-state index contributed by atoms with van der Waals surface area (Å²) in [4.78, 5) is 11.9. The number of carbonyl (C=O) groups is 1. The van der Waals surface area contributed by atoms with Crippen molar-refractivity contribution in [3.63, 3.8) is 0 Å². The Morgan fingerprint density at radius 3 is 2.76 bits per heavy atom. The lowest BCUT2D eigenvalue weighted by atomic mass is 10.1. The van der Waals surface area contributed by atoms with E-state index in [0.717, 1.165) is 16.8 Å². The van der Waals surface area contributed by atoms with Crippen molar-refractivity contribution in [2.45, 2.75) is 13.8 Å². The lowest BCUT2D eigenvalue weighted by Crippen LogP contribution is -2.21. The van der Waals surface area contributed by atoms with E-state index in [-0.39, 0.29) is 12.5 Å². The number of nitrogens with one attached hydrogen (secondary N) is 1. The minimum absolute atomic E-state index is 0.133. The van der Waals surface area contributed by atoms with Crippen LogP contribution in [-0.4, -0.2) is 12.5 Å². The first-order chi connectivity index (χ1) is 10.1. The van der Waals surface area contributed by atoms with Crippen molar-refractivity contribution in [1.29, 1.82) is 5.26 Å². The molecule has 1 amide bonds. The van der Waals surface area contributed by atoms with Crippen LogP contribution in [0, 0.1) is 25.2 Å². The molecule has 0 fully saturated rings. The number of carbonyl (C=O) groups excluding carboxylic acids is 1. The summed E-state index contributed by atoms with van der Waals surface area (Å²) in [7, 11) is 0. The van der Waals surface area contributed by atoms with E-state index in [4.69, 9.17) is 10.00 Å². The summed E-state index contributed by atoms with van der Waals surface area (Å²) in [5, 5.41) is 11.8. The number of anilines is 1. The molecule has 0 spiro atoms. The zero-order chi connectivity index (χ0) is 15.2. The summed E-state index contributed by atoms with van der Waals surface area (Å²) < 4.78 is 5.40. The SMILES string of the molecule is Cc1ccc(C)c(NC(=O)COc2ccccc2C#N)c1. The predicted molar refractivity (Wildman–Crippen MR) is 81.2 cm³/mol. The number of nitriles is 1. The molecule has 4 nitrogen and oxygen atoms in total. The Labute approximate surface area is 124 Å². The Hall–Kier alpha value is -2.80. The third-order valence-electron chi connectivity index (χ3n) is 3.03. The van der Waals surface area contributed by atoms with Crippen molar-refractivity contribution in [3.05, 3.63) is 59.2 Å². The lowest BCUT2D eigenvalue weighted by Gasteiger charge is -2.11. The molecule has 21 heavy (non-hydrogen) atoms. The van der Waals surface area contributed by atoms with Crippen LogP contribution < -0.4 is 10.1 Å². The molecule has 2 aromatic rings. The molecule has 0 aliphatic heterocycles. The summed E-state index contributed by atoms with van der Waals surface area (Å²) in [6, 6.07) is 14.7. The summed E-state index contributed by atoms with van der Waals surface area (Å²) in [5.74, 6) is 0.160. The number of hydrogen-bond donors (Lipinski definition) is 1. The van der Waals surface area contributed by atoms with Gasteiger partial charge in [0.25, 0.3) is 5.91 Å². The van der Waals surface area contributed by atoms with Crippen molar-refractivity contribution in [1.82, 2.24) is 0 Å². The first-order valence-electron chi connectivity index (χ1n) is 6.59. The molecule has 0 radical (unpaired) electrons. The average Bonchev–Trinajstić information content (AvgIpc) is 2.49. The summed E-state index contributed by atoms with van der Waals surface area (Å²) in [5.41, 5.74) is 3.26. The Bertz CT molecular complexity index is 702. The molecule has 106 valence electrons. The van der Waals surface area contributed by atoms with Crippen molar-refractivity contribution in [3.8, 4) is 11.8 Å². The minimum atomic E-state index is -0.253. The number of benzene rings is 2. The van der Waals surface area contributed by atoms with Gasteiger partial charge in [-0.05, 0) is 43.2 Å². The van der Waals surface area contributed by atoms with Crippen LogP contribution in [0.25, 0.3) is 0 Å². The highest BCUT2D eigenvalue weighted by molar-refractivity contribution is 5.92. The van der Waals surface area contributed by atoms with E-state index < -0.39 is 0 Å². The molecule has 0 atom stereocenters. The van der Waals surface area contributed by atoms with Crippen LogP contribution >= 0.6 is 0 Å². The van der Waals surface area contributed by atoms with E-state index in [0.29, 0.717) is 11.3 Å². The van der Waals surface area contributed by atoms with Crippen LogP contribution in [0.5, 0.6) is 5.75 Å². The van der Waals surface area contributed by atoms with Gasteiger partial charge in [-0.25, -0.2) is 0 Å². The third kappa shape index (κ3) is 3.83. The van der Waals surface area contributed by atoms with Gasteiger partial charge < -0.3 is 10.1 Å². The van der Waals surface area contributed by atoms with Gasteiger partial charge in [-0.1, -0.05) is 24.3 Å².